The molecule has 1 aromatic carbocycles. The van der Waals surface area contributed by atoms with Crippen LogP contribution in [0.5, 0.6) is 5.88 Å². The van der Waals surface area contributed by atoms with Gasteiger partial charge in [-0.1, -0.05) is 23.7 Å². The van der Waals surface area contributed by atoms with E-state index in [0.29, 0.717) is 12.4 Å². The highest BCUT2D eigenvalue weighted by Gasteiger charge is 2.03. The van der Waals surface area contributed by atoms with Crippen molar-refractivity contribution < 1.29 is 4.74 Å². The number of ether oxygens (including phenoxy) is 1. The van der Waals surface area contributed by atoms with Gasteiger partial charge in [-0.25, -0.2) is 4.98 Å². The molecule has 1 N–H and O–H groups in total. The van der Waals surface area contributed by atoms with Crippen molar-refractivity contribution in [1.82, 2.24) is 4.98 Å². The average molecular weight is 263 g/mol. The van der Waals surface area contributed by atoms with E-state index in [2.05, 4.69) is 10.3 Å². The van der Waals surface area contributed by atoms with E-state index in [1.165, 1.54) is 0 Å². The zero-order chi connectivity index (χ0) is 13.0. The minimum absolute atomic E-state index is 0.642. The zero-order valence-electron chi connectivity index (χ0n) is 10.4. The van der Waals surface area contributed by atoms with Gasteiger partial charge in [0.25, 0.3) is 0 Å². The van der Waals surface area contributed by atoms with Gasteiger partial charge >= 0.3 is 0 Å². The minimum atomic E-state index is 0.642. The third kappa shape index (κ3) is 2.93. The Balaban J connectivity index is 2.09. The molecule has 0 spiro atoms. The maximum absolute atomic E-state index is 6.08. The van der Waals surface area contributed by atoms with Crippen molar-refractivity contribution in [2.75, 3.05) is 12.4 Å². The molecule has 2 rings (SSSR count). The van der Waals surface area contributed by atoms with Crippen molar-refractivity contribution >= 4 is 17.3 Å². The molecule has 94 valence electrons. The smallest absolute Gasteiger partial charge is 0.218 e. The number of pyridine rings is 1. The number of rotatable bonds is 4. The van der Waals surface area contributed by atoms with Crippen LogP contribution >= 0.6 is 11.6 Å². The zero-order valence-corrected chi connectivity index (χ0v) is 11.2. The van der Waals surface area contributed by atoms with Gasteiger partial charge in [-0.15, -0.1) is 0 Å². The van der Waals surface area contributed by atoms with Crippen LogP contribution in [0.1, 0.15) is 11.1 Å². The van der Waals surface area contributed by atoms with E-state index in [9.17, 15) is 0 Å². The van der Waals surface area contributed by atoms with E-state index in [-0.39, 0.29) is 0 Å². The molecule has 1 heterocycles. The number of aromatic nitrogens is 1. The van der Waals surface area contributed by atoms with Gasteiger partial charge in [-0.2, -0.15) is 0 Å². The molecule has 1 aromatic heterocycles. The number of halogens is 1. The van der Waals surface area contributed by atoms with Crippen LogP contribution in [0, 0.1) is 6.92 Å². The molecule has 4 heteroatoms. The van der Waals surface area contributed by atoms with E-state index in [1.807, 2.05) is 37.3 Å². The van der Waals surface area contributed by atoms with Crippen molar-refractivity contribution in [2.45, 2.75) is 13.5 Å². The highest BCUT2D eigenvalue weighted by Crippen LogP contribution is 2.21. The Kier molecular flexibility index (Phi) is 4.05. The summed E-state index contributed by atoms with van der Waals surface area (Å²) in [6, 6.07) is 9.78. The summed E-state index contributed by atoms with van der Waals surface area (Å²) in [5.74, 6) is 0.642. The van der Waals surface area contributed by atoms with Crippen LogP contribution in [0.2, 0.25) is 5.02 Å². The molecule has 0 aliphatic rings. The van der Waals surface area contributed by atoms with Crippen molar-refractivity contribution in [3.05, 3.63) is 52.7 Å². The summed E-state index contributed by atoms with van der Waals surface area (Å²) >= 11 is 6.08. The number of anilines is 1. The molecular weight excluding hydrogens is 248 g/mol. The first-order valence-electron chi connectivity index (χ1n) is 5.68. The van der Waals surface area contributed by atoms with Crippen LogP contribution < -0.4 is 10.1 Å². The monoisotopic (exact) mass is 262 g/mol. The molecule has 0 amide bonds. The average Bonchev–Trinajstić information content (AvgIpc) is 2.40. The van der Waals surface area contributed by atoms with Crippen LogP contribution in [0.3, 0.4) is 0 Å². The van der Waals surface area contributed by atoms with Crippen LogP contribution in [0.15, 0.2) is 36.5 Å². The molecule has 0 radical (unpaired) electrons. The lowest BCUT2D eigenvalue weighted by Crippen LogP contribution is -2.02. The van der Waals surface area contributed by atoms with Crippen LogP contribution in [0.4, 0.5) is 5.69 Å². The summed E-state index contributed by atoms with van der Waals surface area (Å²) in [6.07, 6.45) is 1.71. The fourth-order valence-corrected chi connectivity index (χ4v) is 1.82. The second-order valence-corrected chi connectivity index (χ2v) is 4.40. The third-order valence-electron chi connectivity index (χ3n) is 2.70. The maximum Gasteiger partial charge on any atom is 0.218 e. The van der Waals surface area contributed by atoms with Gasteiger partial charge in [0.1, 0.15) is 0 Å². The molecule has 3 nitrogen and oxygen atoms in total. The number of hydrogen-bond acceptors (Lipinski definition) is 3. The van der Waals surface area contributed by atoms with Crippen LogP contribution in [0.25, 0.3) is 0 Å². The van der Waals surface area contributed by atoms with E-state index < -0.39 is 0 Å². The highest BCUT2D eigenvalue weighted by molar-refractivity contribution is 6.31. The first kappa shape index (κ1) is 12.7. The lowest BCUT2D eigenvalue weighted by atomic mass is 10.2. The van der Waals surface area contributed by atoms with Gasteiger partial charge in [0, 0.05) is 29.0 Å². The summed E-state index contributed by atoms with van der Waals surface area (Å²) in [4.78, 5) is 4.15. The summed E-state index contributed by atoms with van der Waals surface area (Å²) < 4.78 is 5.20. The second kappa shape index (κ2) is 5.74. The van der Waals surface area contributed by atoms with E-state index in [4.69, 9.17) is 16.3 Å². The lowest BCUT2D eigenvalue weighted by molar-refractivity contribution is 0.393. The summed E-state index contributed by atoms with van der Waals surface area (Å²) in [5, 5.41) is 4.06. The Labute approximate surface area is 112 Å². The molecule has 0 aliphatic carbocycles. The van der Waals surface area contributed by atoms with Crippen molar-refractivity contribution in [3.8, 4) is 5.88 Å². The Bertz CT molecular complexity index is 543. The number of aryl methyl sites for hydroxylation is 1. The fraction of sp³-hybridized carbons (Fsp3) is 0.214. The molecule has 0 bridgehead atoms. The molecule has 0 saturated heterocycles. The van der Waals surface area contributed by atoms with E-state index >= 15 is 0 Å². The van der Waals surface area contributed by atoms with E-state index in [1.54, 1.807) is 13.3 Å². The van der Waals surface area contributed by atoms with Crippen molar-refractivity contribution in [2.24, 2.45) is 0 Å². The molecule has 0 saturated carbocycles. The Hall–Kier alpha value is -1.74. The third-order valence-corrected chi connectivity index (χ3v) is 3.11. The number of nitrogens with one attached hydrogen (secondary N) is 1. The number of hydrogen-bond donors (Lipinski definition) is 1. The fourth-order valence-electron chi connectivity index (χ4n) is 1.64. The van der Waals surface area contributed by atoms with Gasteiger partial charge in [0.05, 0.1) is 7.11 Å². The summed E-state index contributed by atoms with van der Waals surface area (Å²) in [7, 11) is 1.62. The van der Waals surface area contributed by atoms with Crippen molar-refractivity contribution in [3.63, 3.8) is 0 Å². The molecule has 0 unspecified atom stereocenters. The van der Waals surface area contributed by atoms with Gasteiger partial charge < -0.3 is 10.1 Å². The van der Waals surface area contributed by atoms with Gasteiger partial charge in [-0.3, -0.25) is 0 Å². The second-order valence-electron chi connectivity index (χ2n) is 3.99. The largest absolute Gasteiger partial charge is 0.481 e. The Morgan fingerprint density at radius 1 is 1.33 bits per heavy atom. The molecule has 2 aromatic rings. The lowest BCUT2D eigenvalue weighted by Gasteiger charge is -2.10. The summed E-state index contributed by atoms with van der Waals surface area (Å²) in [6.45, 7) is 2.63. The van der Waals surface area contributed by atoms with Crippen LogP contribution in [-0.4, -0.2) is 12.1 Å². The van der Waals surface area contributed by atoms with Crippen LogP contribution in [-0.2, 0) is 6.54 Å². The number of benzene rings is 1. The Morgan fingerprint density at radius 3 is 2.89 bits per heavy atom. The number of nitrogens with zero attached hydrogens (tertiary/aromatic N) is 1. The number of methoxy groups -OCH3 is 1. The molecule has 0 atom stereocenters. The molecule has 0 fully saturated rings. The minimum Gasteiger partial charge on any atom is -0.481 e. The molecular formula is C14H15ClN2O. The summed E-state index contributed by atoms with van der Waals surface area (Å²) in [5.41, 5.74) is 3.06. The van der Waals surface area contributed by atoms with Crippen molar-refractivity contribution in [1.29, 1.82) is 0 Å². The van der Waals surface area contributed by atoms with Gasteiger partial charge in [0.2, 0.25) is 5.88 Å². The quantitative estimate of drug-likeness (QED) is 0.913. The SMILES string of the molecule is COc1ncccc1CNc1ccc(C)c(Cl)c1. The molecule has 0 aliphatic heterocycles. The first-order chi connectivity index (χ1) is 8.70. The molecule has 18 heavy (non-hydrogen) atoms. The highest BCUT2D eigenvalue weighted by atomic mass is 35.5. The predicted molar refractivity (Wildman–Crippen MR) is 74.3 cm³/mol. The normalized spacial score (nSPS) is 10.2. The van der Waals surface area contributed by atoms with E-state index in [0.717, 1.165) is 21.8 Å². The topological polar surface area (TPSA) is 34.1 Å². The Morgan fingerprint density at radius 2 is 2.17 bits per heavy atom. The standard InChI is InChI=1S/C14H15ClN2O/c1-10-5-6-12(8-13(10)15)17-9-11-4-3-7-16-14(11)18-2/h3-8,17H,9H2,1-2H3. The first-order valence-corrected chi connectivity index (χ1v) is 6.06. The maximum atomic E-state index is 6.08. The van der Waals surface area contributed by atoms with Gasteiger partial charge in [0.15, 0.2) is 0 Å². The van der Waals surface area contributed by atoms with Gasteiger partial charge in [-0.05, 0) is 30.7 Å². The predicted octanol–water partition coefficient (Wildman–Crippen LogP) is 3.66.